The second-order valence-corrected chi connectivity index (χ2v) is 23.5. The Morgan fingerprint density at radius 1 is 0.588 bits per heavy atom. The van der Waals surface area contributed by atoms with Crippen molar-refractivity contribution in [2.24, 2.45) is 29.1 Å². The van der Waals surface area contributed by atoms with E-state index in [0.29, 0.717) is 23.6 Å². The van der Waals surface area contributed by atoms with E-state index in [1.54, 1.807) is 12.3 Å². The number of likely N-dealkylation sites (tertiary alicyclic amines) is 1. The smallest absolute Gasteiger partial charge is 0.357 e. The van der Waals surface area contributed by atoms with Crippen LogP contribution in [0, 0.1) is 36.0 Å². The van der Waals surface area contributed by atoms with Crippen molar-refractivity contribution in [1.29, 1.82) is 0 Å². The minimum absolute atomic E-state index is 0. The topological polar surface area (TPSA) is 234 Å². The van der Waals surface area contributed by atoms with Gasteiger partial charge in [-0.05, 0) is 167 Å². The van der Waals surface area contributed by atoms with Crippen LogP contribution in [0.1, 0.15) is 154 Å². The van der Waals surface area contributed by atoms with E-state index in [1.165, 1.54) is 44.3 Å². The molecule has 19 heteroatoms. The van der Waals surface area contributed by atoms with E-state index in [4.69, 9.17) is 28.4 Å². The molecule has 5 N–H and O–H groups in total. The molecule has 80 heavy (non-hydrogen) atoms. The SMILES string of the molecule is C.CC(=O)OC1CCC2(CNC2)C1.CC(=O)OC1CNC1.CC1=CCC(C(=O)OCC2CNC2)CC1.CC1=CCC(C(=O)O[C@@H]2CCNC2)CC1.CN1CCC(C(=O)OC2CCCC2)CC1.Cc1ccc(C(=O)OC2CNC2)nc1. The number of hydrogen-bond donors (Lipinski definition) is 5. The Morgan fingerprint density at radius 2 is 1.14 bits per heavy atom. The molecule has 7 heterocycles. The van der Waals surface area contributed by atoms with Gasteiger partial charge in [0, 0.05) is 84.9 Å². The predicted octanol–water partition coefficient (Wildman–Crippen LogP) is 6.31. The number of piperidine rings is 1. The lowest BCUT2D eigenvalue weighted by Crippen LogP contribution is -2.52. The van der Waals surface area contributed by atoms with Crippen molar-refractivity contribution in [2.75, 3.05) is 92.2 Å². The summed E-state index contributed by atoms with van der Waals surface area (Å²) in [5.41, 5.74) is 4.71. The highest BCUT2D eigenvalue weighted by Gasteiger charge is 2.44. The number of nitrogens with one attached hydrogen (secondary N) is 5. The molecule has 0 amide bonds. The molecular weight excluding hydrogens is 1020 g/mol. The Hall–Kier alpha value is -4.79. The Morgan fingerprint density at radius 3 is 1.59 bits per heavy atom. The Labute approximate surface area is 477 Å². The molecular formula is C61H99N7O12. The summed E-state index contributed by atoms with van der Waals surface area (Å²) in [6.45, 7) is 20.9. The number of carbonyl (C=O) groups excluding carboxylic acids is 6. The van der Waals surface area contributed by atoms with Gasteiger partial charge in [0.2, 0.25) is 0 Å². The molecule has 1 aromatic rings. The van der Waals surface area contributed by atoms with Crippen molar-refractivity contribution >= 4 is 35.8 Å². The summed E-state index contributed by atoms with van der Waals surface area (Å²) in [7, 11) is 2.11. The minimum atomic E-state index is -0.337. The van der Waals surface area contributed by atoms with Crippen molar-refractivity contribution in [3.63, 3.8) is 0 Å². The zero-order valence-electron chi connectivity index (χ0n) is 48.4. The van der Waals surface area contributed by atoms with Gasteiger partial charge in [-0.1, -0.05) is 36.8 Å². The molecule has 1 spiro atoms. The fraction of sp³-hybridized carbons (Fsp3) is 0.754. The van der Waals surface area contributed by atoms with Crippen LogP contribution >= 0.6 is 0 Å². The average Bonchev–Trinajstić information content (AvgIpc) is 4.19. The highest BCUT2D eigenvalue weighted by Crippen LogP contribution is 2.42. The number of carbonyl (C=O) groups is 6. The van der Waals surface area contributed by atoms with Crippen LogP contribution in [-0.4, -0.2) is 168 Å². The molecule has 1 aromatic heterocycles. The summed E-state index contributed by atoms with van der Waals surface area (Å²) in [5, 5.41) is 15.7. The molecule has 0 radical (unpaired) electrons. The van der Waals surface area contributed by atoms with Crippen molar-refractivity contribution in [3.8, 4) is 0 Å². The van der Waals surface area contributed by atoms with Crippen LogP contribution in [0.3, 0.4) is 0 Å². The van der Waals surface area contributed by atoms with Crippen LogP contribution in [0.2, 0.25) is 0 Å². The first-order valence-corrected chi connectivity index (χ1v) is 29.6. The second-order valence-electron chi connectivity index (χ2n) is 23.5. The van der Waals surface area contributed by atoms with Gasteiger partial charge in [0.1, 0.15) is 36.2 Å². The maximum Gasteiger partial charge on any atom is 0.357 e. The van der Waals surface area contributed by atoms with Crippen molar-refractivity contribution < 1.29 is 57.2 Å². The minimum Gasteiger partial charge on any atom is -0.465 e. The number of rotatable bonds is 11. The van der Waals surface area contributed by atoms with Crippen LogP contribution in [0.25, 0.3) is 0 Å². The maximum absolute atomic E-state index is 11.8. The van der Waals surface area contributed by atoms with Gasteiger partial charge in [-0.2, -0.15) is 0 Å². The van der Waals surface area contributed by atoms with Gasteiger partial charge in [-0.15, -0.1) is 0 Å². The van der Waals surface area contributed by atoms with E-state index in [9.17, 15) is 28.8 Å². The summed E-state index contributed by atoms with van der Waals surface area (Å²) < 4.78 is 31.4. The predicted molar refractivity (Wildman–Crippen MR) is 306 cm³/mol. The molecule has 11 rings (SSSR count). The molecule has 2 saturated carbocycles. The van der Waals surface area contributed by atoms with Gasteiger partial charge < -0.3 is 59.9 Å². The largest absolute Gasteiger partial charge is 0.465 e. The lowest BCUT2D eigenvalue weighted by Gasteiger charge is -2.39. The van der Waals surface area contributed by atoms with Crippen molar-refractivity contribution in [1.82, 2.24) is 36.5 Å². The van der Waals surface area contributed by atoms with Crippen LogP contribution in [0.15, 0.2) is 41.6 Å². The third kappa shape index (κ3) is 23.6. The molecule has 450 valence electrons. The highest BCUT2D eigenvalue weighted by molar-refractivity contribution is 5.87. The number of hydrogen-bond acceptors (Lipinski definition) is 19. The normalized spacial score (nSPS) is 25.2. The molecule has 3 unspecified atom stereocenters. The average molecular weight is 1120 g/mol. The first kappa shape index (κ1) is 66.0. The van der Waals surface area contributed by atoms with Gasteiger partial charge in [0.25, 0.3) is 0 Å². The van der Waals surface area contributed by atoms with Gasteiger partial charge in [-0.3, -0.25) is 24.0 Å². The van der Waals surface area contributed by atoms with Crippen LogP contribution in [0.4, 0.5) is 0 Å². The number of pyridine rings is 1. The Balaban J connectivity index is 0.000000178. The third-order valence-corrected chi connectivity index (χ3v) is 16.4. The number of esters is 6. The summed E-state index contributed by atoms with van der Waals surface area (Å²) >= 11 is 0. The number of nitrogens with zero attached hydrogens (tertiary/aromatic N) is 2. The van der Waals surface area contributed by atoms with Gasteiger partial charge in [0.05, 0.1) is 24.4 Å². The third-order valence-electron chi connectivity index (χ3n) is 16.4. The summed E-state index contributed by atoms with van der Waals surface area (Å²) in [4.78, 5) is 73.9. The maximum atomic E-state index is 11.8. The van der Waals surface area contributed by atoms with E-state index in [0.717, 1.165) is 168 Å². The molecule has 6 saturated heterocycles. The number of aromatic nitrogens is 1. The molecule has 0 aromatic carbocycles. The van der Waals surface area contributed by atoms with E-state index in [1.807, 2.05) is 13.0 Å². The van der Waals surface area contributed by atoms with E-state index < -0.39 is 0 Å². The zero-order chi connectivity index (χ0) is 56.6. The zero-order valence-corrected chi connectivity index (χ0v) is 48.4. The van der Waals surface area contributed by atoms with E-state index >= 15 is 0 Å². The highest BCUT2D eigenvalue weighted by atomic mass is 16.6. The second kappa shape index (κ2) is 34.6. The summed E-state index contributed by atoms with van der Waals surface area (Å²) in [5.74, 6) is 0.359. The molecule has 6 aliphatic heterocycles. The Bertz CT molecular complexity index is 2140. The number of aryl methyl sites for hydroxylation is 1. The molecule has 8 fully saturated rings. The molecule has 4 atom stereocenters. The van der Waals surface area contributed by atoms with E-state index in [2.05, 4.69) is 69.5 Å². The molecule has 4 aliphatic carbocycles. The standard InChI is InChI=1S/2C12H19NO2.C12H21NO2.C10H12N2O2.C9H15NO2.C5H9NO2.CH4/c1-9-2-4-11(5-3-9)12(14)15-8-10-6-13-7-10;1-9-2-4-10(5-3-9)12(14)15-11-6-7-13-8-11;1-13-8-6-10(7-9-13)12(14)15-11-4-2-3-5-11;1-7-2-3-9(12-4-7)10(13)14-8-5-11-6-8;1-7(11)12-8-2-3-9(4-8)5-10-6-9;1-4(7)8-5-2-6-3-5;/h2*2,10-11,13H,3-8H2,1H3;10-11H,2-9H2,1H3;2-4,8,11H,5-6H2,1H3;8,10H,2-6H2,1H3;5-6H,2-3H2,1H3;1H4/t;10?,11-;;;;;/m.1...../s1. The van der Waals surface area contributed by atoms with Gasteiger partial charge in [0.15, 0.2) is 0 Å². The number of allylic oxidation sites excluding steroid dienone is 4. The summed E-state index contributed by atoms with van der Waals surface area (Å²) in [6, 6.07) is 3.53. The molecule has 10 aliphatic rings. The van der Waals surface area contributed by atoms with E-state index in [-0.39, 0.29) is 91.5 Å². The van der Waals surface area contributed by atoms with Crippen LogP contribution < -0.4 is 26.6 Å². The molecule has 19 nitrogen and oxygen atoms in total. The molecule has 0 bridgehead atoms. The van der Waals surface area contributed by atoms with Crippen molar-refractivity contribution in [2.45, 2.75) is 175 Å². The van der Waals surface area contributed by atoms with Gasteiger partial charge in [-0.25, -0.2) is 9.78 Å². The monoisotopic (exact) mass is 1120 g/mol. The first-order valence-electron chi connectivity index (χ1n) is 29.6. The lowest BCUT2D eigenvalue weighted by atomic mass is 9.80. The Kier molecular flexibility index (Phi) is 28.6. The first-order chi connectivity index (χ1) is 38.0. The van der Waals surface area contributed by atoms with Gasteiger partial charge >= 0.3 is 35.8 Å². The summed E-state index contributed by atoms with van der Waals surface area (Å²) in [6.07, 6.45) is 23.3. The number of ether oxygens (including phenoxy) is 6. The van der Waals surface area contributed by atoms with Crippen LogP contribution in [-0.2, 0) is 52.4 Å². The van der Waals surface area contributed by atoms with Crippen LogP contribution in [0.5, 0.6) is 0 Å². The quantitative estimate of drug-likeness (QED) is 0.0927. The fourth-order valence-electron chi connectivity index (χ4n) is 10.7. The lowest BCUT2D eigenvalue weighted by molar-refractivity contribution is -0.155. The fourth-order valence-corrected chi connectivity index (χ4v) is 10.7. The van der Waals surface area contributed by atoms with Crippen molar-refractivity contribution in [3.05, 3.63) is 52.9 Å².